The molecule has 0 fully saturated rings. The molecule has 1 amide bonds. The van der Waals surface area contributed by atoms with Gasteiger partial charge in [-0.25, -0.2) is 0 Å². The Balaban J connectivity index is 1.63. The maximum atomic E-state index is 11.9. The van der Waals surface area contributed by atoms with Crippen molar-refractivity contribution < 1.29 is 4.79 Å². The highest BCUT2D eigenvalue weighted by Gasteiger charge is 2.07. The summed E-state index contributed by atoms with van der Waals surface area (Å²) in [5, 5.41) is 8.10. The molecule has 0 aliphatic heterocycles. The standard InChI is InChI=1S/C15H16N4O/c1-19-9-8-14(18-19)17-15(20)7-6-11-10-16-13-5-3-2-4-12(11)13/h2-5,8-10,16H,6-7H2,1H3,(H,17,18,20). The largest absolute Gasteiger partial charge is 0.361 e. The van der Waals surface area contributed by atoms with Crippen LogP contribution in [-0.2, 0) is 18.3 Å². The van der Waals surface area contributed by atoms with E-state index in [9.17, 15) is 4.79 Å². The fourth-order valence-electron chi connectivity index (χ4n) is 2.27. The van der Waals surface area contributed by atoms with Crippen molar-refractivity contribution in [2.75, 3.05) is 5.32 Å². The van der Waals surface area contributed by atoms with E-state index in [2.05, 4.69) is 21.5 Å². The monoisotopic (exact) mass is 268 g/mol. The summed E-state index contributed by atoms with van der Waals surface area (Å²) < 4.78 is 1.66. The van der Waals surface area contributed by atoms with E-state index in [4.69, 9.17) is 0 Å². The van der Waals surface area contributed by atoms with Crippen molar-refractivity contribution >= 4 is 22.6 Å². The molecule has 3 rings (SSSR count). The summed E-state index contributed by atoms with van der Waals surface area (Å²) in [4.78, 5) is 15.1. The van der Waals surface area contributed by atoms with Gasteiger partial charge in [-0.2, -0.15) is 5.10 Å². The average Bonchev–Trinajstić information content (AvgIpc) is 3.03. The van der Waals surface area contributed by atoms with Gasteiger partial charge in [0.2, 0.25) is 5.91 Å². The fourth-order valence-corrected chi connectivity index (χ4v) is 2.27. The van der Waals surface area contributed by atoms with Gasteiger partial charge in [-0.3, -0.25) is 9.48 Å². The zero-order chi connectivity index (χ0) is 13.9. The summed E-state index contributed by atoms with van der Waals surface area (Å²) in [5.74, 6) is 0.574. The number of fused-ring (bicyclic) bond motifs is 1. The number of H-pyrrole nitrogens is 1. The fraction of sp³-hybridized carbons (Fsp3) is 0.200. The van der Waals surface area contributed by atoms with Crippen molar-refractivity contribution in [2.45, 2.75) is 12.8 Å². The summed E-state index contributed by atoms with van der Waals surface area (Å²) >= 11 is 0. The lowest BCUT2D eigenvalue weighted by molar-refractivity contribution is -0.116. The minimum Gasteiger partial charge on any atom is -0.361 e. The molecule has 5 heteroatoms. The van der Waals surface area contributed by atoms with Gasteiger partial charge in [-0.05, 0) is 18.1 Å². The average molecular weight is 268 g/mol. The van der Waals surface area contributed by atoms with Crippen LogP contribution in [0.1, 0.15) is 12.0 Å². The van der Waals surface area contributed by atoms with Crippen LogP contribution < -0.4 is 5.32 Å². The van der Waals surface area contributed by atoms with E-state index in [0.717, 1.165) is 11.1 Å². The predicted octanol–water partition coefficient (Wildman–Crippen LogP) is 2.47. The maximum absolute atomic E-state index is 11.9. The summed E-state index contributed by atoms with van der Waals surface area (Å²) in [5.41, 5.74) is 2.27. The van der Waals surface area contributed by atoms with Crippen molar-refractivity contribution in [1.82, 2.24) is 14.8 Å². The first kappa shape index (κ1) is 12.5. The molecule has 0 bridgehead atoms. The van der Waals surface area contributed by atoms with Crippen molar-refractivity contribution in [3.63, 3.8) is 0 Å². The Kier molecular flexibility index (Phi) is 3.25. The molecule has 5 nitrogen and oxygen atoms in total. The zero-order valence-corrected chi connectivity index (χ0v) is 11.3. The van der Waals surface area contributed by atoms with Gasteiger partial charge in [-0.15, -0.1) is 0 Å². The van der Waals surface area contributed by atoms with Crippen LogP contribution in [0.15, 0.2) is 42.7 Å². The number of aromatic nitrogens is 3. The number of aryl methyl sites for hydroxylation is 2. The summed E-state index contributed by atoms with van der Waals surface area (Å²) in [6, 6.07) is 9.89. The van der Waals surface area contributed by atoms with Crippen LogP contribution >= 0.6 is 0 Å². The number of carbonyl (C=O) groups excluding carboxylic acids is 1. The number of hydrogen-bond acceptors (Lipinski definition) is 2. The third-order valence-corrected chi connectivity index (χ3v) is 3.28. The van der Waals surface area contributed by atoms with Crippen LogP contribution in [-0.4, -0.2) is 20.7 Å². The topological polar surface area (TPSA) is 62.7 Å². The Labute approximate surface area is 116 Å². The molecule has 2 N–H and O–H groups in total. The molecule has 102 valence electrons. The molecule has 3 aromatic rings. The second-order valence-corrected chi connectivity index (χ2v) is 4.78. The molecule has 0 aliphatic rings. The van der Waals surface area contributed by atoms with Crippen molar-refractivity contribution in [1.29, 1.82) is 0 Å². The minimum atomic E-state index is -0.0195. The number of nitrogens with one attached hydrogen (secondary N) is 2. The van der Waals surface area contributed by atoms with Crippen molar-refractivity contribution in [3.05, 3.63) is 48.3 Å². The number of aromatic amines is 1. The SMILES string of the molecule is Cn1ccc(NC(=O)CCc2c[nH]c3ccccc23)n1. The van der Waals surface area contributed by atoms with Crippen LogP contribution in [0.25, 0.3) is 10.9 Å². The second-order valence-electron chi connectivity index (χ2n) is 4.78. The smallest absolute Gasteiger partial charge is 0.225 e. The van der Waals surface area contributed by atoms with Crippen LogP contribution in [0.3, 0.4) is 0 Å². The number of amides is 1. The Hall–Kier alpha value is -2.56. The normalized spacial score (nSPS) is 10.8. The Bertz CT molecular complexity index is 741. The van der Waals surface area contributed by atoms with Gasteiger partial charge in [0.1, 0.15) is 0 Å². The van der Waals surface area contributed by atoms with Crippen LogP contribution in [0.5, 0.6) is 0 Å². The quantitative estimate of drug-likeness (QED) is 0.763. The van der Waals surface area contributed by atoms with E-state index >= 15 is 0 Å². The molecular formula is C15H16N4O. The van der Waals surface area contributed by atoms with Crippen molar-refractivity contribution in [3.8, 4) is 0 Å². The molecule has 0 saturated carbocycles. The van der Waals surface area contributed by atoms with Gasteiger partial charge in [0, 0.05) is 42.8 Å². The molecular weight excluding hydrogens is 252 g/mol. The number of rotatable bonds is 4. The van der Waals surface area contributed by atoms with Crippen molar-refractivity contribution in [2.24, 2.45) is 7.05 Å². The number of para-hydroxylation sites is 1. The molecule has 20 heavy (non-hydrogen) atoms. The van der Waals surface area contributed by atoms with Gasteiger partial charge in [0.15, 0.2) is 5.82 Å². The van der Waals surface area contributed by atoms with E-state index in [1.165, 1.54) is 5.39 Å². The second kappa shape index (κ2) is 5.21. The lowest BCUT2D eigenvalue weighted by Gasteiger charge is -2.01. The van der Waals surface area contributed by atoms with Crippen LogP contribution in [0, 0.1) is 0 Å². The molecule has 0 spiro atoms. The first-order chi connectivity index (χ1) is 9.72. The third kappa shape index (κ3) is 2.56. The molecule has 0 aliphatic carbocycles. The Morgan fingerprint density at radius 2 is 2.20 bits per heavy atom. The van der Waals surface area contributed by atoms with Gasteiger partial charge in [0.05, 0.1) is 0 Å². The van der Waals surface area contributed by atoms with Gasteiger partial charge in [-0.1, -0.05) is 18.2 Å². The number of nitrogens with zero attached hydrogens (tertiary/aromatic N) is 2. The summed E-state index contributed by atoms with van der Waals surface area (Å²) in [7, 11) is 1.82. The van der Waals surface area contributed by atoms with E-state index in [1.807, 2.05) is 31.4 Å². The predicted molar refractivity (Wildman–Crippen MR) is 78.5 cm³/mol. The van der Waals surface area contributed by atoms with E-state index in [1.54, 1.807) is 16.9 Å². The zero-order valence-electron chi connectivity index (χ0n) is 11.3. The Morgan fingerprint density at radius 1 is 1.35 bits per heavy atom. The van der Waals surface area contributed by atoms with E-state index < -0.39 is 0 Å². The molecule has 2 heterocycles. The molecule has 0 radical (unpaired) electrons. The third-order valence-electron chi connectivity index (χ3n) is 3.28. The lowest BCUT2D eigenvalue weighted by atomic mass is 10.1. The van der Waals surface area contributed by atoms with E-state index in [-0.39, 0.29) is 5.91 Å². The number of hydrogen-bond donors (Lipinski definition) is 2. The van der Waals surface area contributed by atoms with Crippen LogP contribution in [0.2, 0.25) is 0 Å². The molecule has 0 saturated heterocycles. The molecule has 0 atom stereocenters. The summed E-state index contributed by atoms with van der Waals surface area (Å²) in [6.45, 7) is 0. The Morgan fingerprint density at radius 3 is 3.00 bits per heavy atom. The molecule has 0 unspecified atom stereocenters. The lowest BCUT2D eigenvalue weighted by Crippen LogP contribution is -2.12. The van der Waals surface area contributed by atoms with Gasteiger partial charge in [0.25, 0.3) is 0 Å². The highest BCUT2D eigenvalue weighted by Crippen LogP contribution is 2.19. The minimum absolute atomic E-state index is 0.0195. The molecule has 1 aromatic carbocycles. The summed E-state index contributed by atoms with van der Waals surface area (Å²) in [6.07, 6.45) is 4.93. The molecule has 2 aromatic heterocycles. The first-order valence-corrected chi connectivity index (χ1v) is 6.57. The highest BCUT2D eigenvalue weighted by molar-refractivity contribution is 5.90. The van der Waals surface area contributed by atoms with Crippen LogP contribution in [0.4, 0.5) is 5.82 Å². The number of benzene rings is 1. The maximum Gasteiger partial charge on any atom is 0.225 e. The number of carbonyl (C=O) groups is 1. The highest BCUT2D eigenvalue weighted by atomic mass is 16.1. The number of anilines is 1. The first-order valence-electron chi connectivity index (χ1n) is 6.57. The van der Waals surface area contributed by atoms with Gasteiger partial charge >= 0.3 is 0 Å². The van der Waals surface area contributed by atoms with Gasteiger partial charge < -0.3 is 10.3 Å². The van der Waals surface area contributed by atoms with E-state index in [0.29, 0.717) is 18.7 Å².